The Labute approximate surface area is 104 Å². The lowest BCUT2D eigenvalue weighted by atomic mass is 10.2. The minimum atomic E-state index is -0.116. The fraction of sp³-hybridized carbons (Fsp3) is 0.273. The lowest BCUT2D eigenvalue weighted by molar-refractivity contribution is -0.115. The van der Waals surface area contributed by atoms with Gasteiger partial charge < -0.3 is 5.32 Å². The van der Waals surface area contributed by atoms with Gasteiger partial charge in [-0.2, -0.15) is 17.0 Å². The van der Waals surface area contributed by atoms with Crippen molar-refractivity contribution < 1.29 is 4.79 Å². The van der Waals surface area contributed by atoms with Crippen molar-refractivity contribution in [3.8, 4) is 6.07 Å². The first-order valence-corrected chi connectivity index (χ1v) is 6.28. The van der Waals surface area contributed by atoms with Crippen LogP contribution in [0.5, 0.6) is 0 Å². The highest BCUT2D eigenvalue weighted by Crippen LogP contribution is 2.20. The van der Waals surface area contributed by atoms with Crippen molar-refractivity contribution >= 4 is 35.0 Å². The van der Waals surface area contributed by atoms with Gasteiger partial charge in [0.1, 0.15) is 6.07 Å². The highest BCUT2D eigenvalue weighted by Gasteiger charge is 2.11. The second kappa shape index (κ2) is 5.78. The molecular formula is C11H11ClN2OS. The minimum Gasteiger partial charge on any atom is -0.325 e. The number of hydrogen-bond donors (Lipinski definition) is 1. The Bertz CT molecular complexity index is 442. The van der Waals surface area contributed by atoms with E-state index in [1.807, 2.05) is 19.2 Å². The maximum atomic E-state index is 11.6. The molecule has 0 aliphatic carbocycles. The summed E-state index contributed by atoms with van der Waals surface area (Å²) in [7, 11) is 0. The standard InChI is InChI=1S/C11H11ClN2OS/c1-7(16-2)11(15)14-9-4-3-8(6-13)10(12)5-9/h3-5,7H,1-2H3,(H,14,15). The number of nitrogens with zero attached hydrogens (tertiary/aromatic N) is 1. The van der Waals surface area contributed by atoms with Crippen molar-refractivity contribution in [2.45, 2.75) is 12.2 Å². The Morgan fingerprint density at radius 1 is 1.62 bits per heavy atom. The number of thioether (sulfide) groups is 1. The molecule has 0 bridgehead atoms. The molecule has 84 valence electrons. The van der Waals surface area contributed by atoms with E-state index in [1.54, 1.807) is 18.2 Å². The van der Waals surface area contributed by atoms with Crippen LogP contribution in [0.3, 0.4) is 0 Å². The van der Waals surface area contributed by atoms with Crippen molar-refractivity contribution in [1.29, 1.82) is 5.26 Å². The zero-order valence-electron chi connectivity index (χ0n) is 8.95. The van der Waals surface area contributed by atoms with Gasteiger partial charge >= 0.3 is 0 Å². The highest BCUT2D eigenvalue weighted by molar-refractivity contribution is 7.99. The summed E-state index contributed by atoms with van der Waals surface area (Å²) in [5.74, 6) is -0.0757. The highest BCUT2D eigenvalue weighted by atomic mass is 35.5. The van der Waals surface area contributed by atoms with E-state index in [-0.39, 0.29) is 11.2 Å². The van der Waals surface area contributed by atoms with Crippen molar-refractivity contribution in [2.24, 2.45) is 0 Å². The van der Waals surface area contributed by atoms with Crippen LogP contribution in [-0.2, 0) is 4.79 Å². The molecule has 0 fully saturated rings. The molecule has 1 amide bonds. The van der Waals surface area contributed by atoms with E-state index in [4.69, 9.17) is 16.9 Å². The molecule has 1 aromatic carbocycles. The molecule has 16 heavy (non-hydrogen) atoms. The van der Waals surface area contributed by atoms with Gasteiger partial charge in [0.05, 0.1) is 15.8 Å². The number of carbonyl (C=O) groups excluding carboxylic acids is 1. The fourth-order valence-corrected chi connectivity index (χ4v) is 1.53. The van der Waals surface area contributed by atoms with Gasteiger partial charge in [-0.05, 0) is 31.4 Å². The van der Waals surface area contributed by atoms with E-state index < -0.39 is 0 Å². The smallest absolute Gasteiger partial charge is 0.237 e. The van der Waals surface area contributed by atoms with E-state index in [0.717, 1.165) is 0 Å². The quantitative estimate of drug-likeness (QED) is 0.902. The molecule has 3 nitrogen and oxygen atoms in total. The van der Waals surface area contributed by atoms with Crippen LogP contribution in [0, 0.1) is 11.3 Å². The summed E-state index contributed by atoms with van der Waals surface area (Å²) in [6.45, 7) is 1.82. The zero-order valence-corrected chi connectivity index (χ0v) is 10.5. The second-order valence-electron chi connectivity index (χ2n) is 3.17. The largest absolute Gasteiger partial charge is 0.325 e. The number of amides is 1. The third kappa shape index (κ3) is 3.16. The molecule has 0 saturated carbocycles. The fourth-order valence-electron chi connectivity index (χ4n) is 1.03. The monoisotopic (exact) mass is 254 g/mol. The first-order chi connectivity index (χ1) is 7.58. The van der Waals surface area contributed by atoms with Gasteiger partial charge in [0.25, 0.3) is 0 Å². The number of benzene rings is 1. The van der Waals surface area contributed by atoms with Crippen LogP contribution in [0.15, 0.2) is 18.2 Å². The molecule has 1 atom stereocenters. The van der Waals surface area contributed by atoms with Gasteiger partial charge in [-0.15, -0.1) is 0 Å². The number of nitrogens with one attached hydrogen (secondary N) is 1. The van der Waals surface area contributed by atoms with E-state index in [2.05, 4.69) is 5.32 Å². The van der Waals surface area contributed by atoms with Crippen molar-refractivity contribution in [1.82, 2.24) is 0 Å². The van der Waals surface area contributed by atoms with Crippen LogP contribution < -0.4 is 5.32 Å². The van der Waals surface area contributed by atoms with Gasteiger partial charge in [-0.3, -0.25) is 4.79 Å². The molecule has 0 aromatic heterocycles. The van der Waals surface area contributed by atoms with Crippen LogP contribution in [0.25, 0.3) is 0 Å². The average molecular weight is 255 g/mol. The number of halogens is 1. The third-order valence-corrected chi connectivity index (χ3v) is 3.31. The summed E-state index contributed by atoms with van der Waals surface area (Å²) >= 11 is 7.31. The van der Waals surface area contributed by atoms with Crippen molar-refractivity contribution in [3.05, 3.63) is 28.8 Å². The predicted octanol–water partition coefficient (Wildman–Crippen LogP) is 2.90. The second-order valence-corrected chi connectivity index (χ2v) is 4.76. The van der Waals surface area contributed by atoms with Crippen LogP contribution >= 0.6 is 23.4 Å². The molecule has 1 rings (SSSR count). The van der Waals surface area contributed by atoms with Gasteiger partial charge in [-0.1, -0.05) is 11.6 Å². The third-order valence-electron chi connectivity index (χ3n) is 2.08. The molecule has 0 radical (unpaired) electrons. The van der Waals surface area contributed by atoms with Crippen LogP contribution in [0.2, 0.25) is 5.02 Å². The first-order valence-electron chi connectivity index (χ1n) is 4.61. The molecule has 1 unspecified atom stereocenters. The summed E-state index contributed by atoms with van der Waals surface area (Å²) in [5.41, 5.74) is 1.01. The van der Waals surface area contributed by atoms with E-state index in [9.17, 15) is 4.79 Å². The van der Waals surface area contributed by atoms with Crippen molar-refractivity contribution in [2.75, 3.05) is 11.6 Å². The summed E-state index contributed by atoms with van der Waals surface area (Å²) in [5, 5.41) is 11.7. The summed E-state index contributed by atoms with van der Waals surface area (Å²) in [6.07, 6.45) is 1.87. The Morgan fingerprint density at radius 3 is 2.81 bits per heavy atom. The van der Waals surface area contributed by atoms with Crippen molar-refractivity contribution in [3.63, 3.8) is 0 Å². The van der Waals surface area contributed by atoms with Crippen LogP contribution in [0.1, 0.15) is 12.5 Å². The molecule has 0 saturated heterocycles. The van der Waals surface area contributed by atoms with E-state index >= 15 is 0 Å². The maximum absolute atomic E-state index is 11.6. The molecule has 0 aliphatic rings. The number of anilines is 1. The molecule has 0 spiro atoms. The number of hydrogen-bond acceptors (Lipinski definition) is 3. The number of carbonyl (C=O) groups is 1. The molecule has 1 N–H and O–H groups in total. The summed E-state index contributed by atoms with van der Waals surface area (Å²) in [4.78, 5) is 11.6. The zero-order chi connectivity index (χ0) is 12.1. The number of nitriles is 1. The van der Waals surface area contributed by atoms with E-state index in [1.165, 1.54) is 11.8 Å². The normalized spacial score (nSPS) is 11.6. The lowest BCUT2D eigenvalue weighted by Gasteiger charge is -2.09. The van der Waals surface area contributed by atoms with Crippen LogP contribution in [-0.4, -0.2) is 17.4 Å². The van der Waals surface area contributed by atoms with Gasteiger partial charge in [0.2, 0.25) is 5.91 Å². The van der Waals surface area contributed by atoms with Gasteiger partial charge in [0, 0.05) is 5.69 Å². The Hall–Kier alpha value is -1.18. The molecule has 5 heteroatoms. The Balaban J connectivity index is 2.80. The number of rotatable bonds is 3. The van der Waals surface area contributed by atoms with Crippen LogP contribution in [0.4, 0.5) is 5.69 Å². The summed E-state index contributed by atoms with van der Waals surface area (Å²) < 4.78 is 0. The Morgan fingerprint density at radius 2 is 2.31 bits per heavy atom. The first kappa shape index (κ1) is 12.9. The molecule has 1 aromatic rings. The molecular weight excluding hydrogens is 244 g/mol. The Kier molecular flexibility index (Phi) is 4.66. The van der Waals surface area contributed by atoms with Gasteiger partial charge in [0.15, 0.2) is 0 Å². The van der Waals surface area contributed by atoms with Gasteiger partial charge in [-0.25, -0.2) is 0 Å². The molecule has 0 heterocycles. The topological polar surface area (TPSA) is 52.9 Å². The summed E-state index contributed by atoms with van der Waals surface area (Å²) in [6, 6.07) is 6.78. The lowest BCUT2D eigenvalue weighted by Crippen LogP contribution is -2.21. The maximum Gasteiger partial charge on any atom is 0.237 e. The average Bonchev–Trinajstić information content (AvgIpc) is 2.28. The minimum absolute atomic E-state index is 0.0757. The van der Waals surface area contributed by atoms with E-state index in [0.29, 0.717) is 16.3 Å². The SMILES string of the molecule is CSC(C)C(=O)Nc1ccc(C#N)c(Cl)c1. The molecule has 0 aliphatic heterocycles. The predicted molar refractivity (Wildman–Crippen MR) is 67.8 cm³/mol.